The second-order valence-electron chi connectivity index (χ2n) is 2.84. The summed E-state index contributed by atoms with van der Waals surface area (Å²) < 4.78 is 4.58. The first-order valence-corrected chi connectivity index (χ1v) is 4.29. The Bertz CT molecular complexity index is 194. The van der Waals surface area contributed by atoms with E-state index in [1.807, 2.05) is 0 Å². The number of ether oxygens (including phenoxy) is 1. The van der Waals surface area contributed by atoms with E-state index in [1.165, 1.54) is 0 Å². The quantitative estimate of drug-likeness (QED) is 0.440. The lowest BCUT2D eigenvalue weighted by Crippen LogP contribution is -2.22. The van der Waals surface area contributed by atoms with Crippen molar-refractivity contribution in [3.05, 3.63) is 0 Å². The molecule has 6 heteroatoms. The van der Waals surface area contributed by atoms with Gasteiger partial charge in [-0.2, -0.15) is 0 Å². The topological polar surface area (TPSA) is 110 Å². The molecule has 1 amide bonds. The van der Waals surface area contributed by atoms with Crippen LogP contribution in [0.3, 0.4) is 0 Å². The molecular weight excluding hydrogens is 190 g/mol. The van der Waals surface area contributed by atoms with Crippen molar-refractivity contribution in [2.75, 3.05) is 13.2 Å². The number of aliphatic hydroxyl groups excluding tert-OH is 2. The highest BCUT2D eigenvalue weighted by molar-refractivity contribution is 5.75. The van der Waals surface area contributed by atoms with Crippen molar-refractivity contribution in [1.29, 1.82) is 0 Å². The van der Waals surface area contributed by atoms with Crippen LogP contribution in [0.15, 0.2) is 0 Å². The van der Waals surface area contributed by atoms with Crippen molar-refractivity contribution in [1.82, 2.24) is 0 Å². The van der Waals surface area contributed by atoms with Gasteiger partial charge in [-0.15, -0.1) is 0 Å². The highest BCUT2D eigenvalue weighted by Crippen LogP contribution is 1.97. The van der Waals surface area contributed by atoms with Gasteiger partial charge in [0.1, 0.15) is 12.7 Å². The van der Waals surface area contributed by atoms with Gasteiger partial charge in [-0.05, 0) is 6.42 Å². The molecule has 4 N–H and O–H groups in total. The Morgan fingerprint density at radius 2 is 2.00 bits per heavy atom. The van der Waals surface area contributed by atoms with E-state index in [0.29, 0.717) is 6.42 Å². The predicted octanol–water partition coefficient (Wildman–Crippen LogP) is -1.46. The maximum Gasteiger partial charge on any atom is 0.305 e. The van der Waals surface area contributed by atoms with Gasteiger partial charge in [-0.1, -0.05) is 0 Å². The average molecular weight is 205 g/mol. The third kappa shape index (κ3) is 7.51. The lowest BCUT2D eigenvalue weighted by atomic mass is 10.2. The molecule has 0 bridgehead atoms. The first-order chi connectivity index (χ1) is 6.56. The number of aliphatic hydroxyl groups is 2. The minimum absolute atomic E-state index is 0.0844. The minimum Gasteiger partial charge on any atom is -0.463 e. The number of hydrogen-bond acceptors (Lipinski definition) is 5. The fourth-order valence-corrected chi connectivity index (χ4v) is 0.721. The van der Waals surface area contributed by atoms with Crippen molar-refractivity contribution >= 4 is 11.9 Å². The van der Waals surface area contributed by atoms with E-state index in [-0.39, 0.29) is 19.4 Å². The van der Waals surface area contributed by atoms with Crippen LogP contribution < -0.4 is 5.73 Å². The van der Waals surface area contributed by atoms with Crippen molar-refractivity contribution < 1.29 is 24.5 Å². The zero-order valence-electron chi connectivity index (χ0n) is 7.81. The molecule has 0 rings (SSSR count). The second kappa shape index (κ2) is 7.28. The standard InChI is InChI=1S/C8H15NO5/c9-7(12)2-1-3-8(13)14-5-6(11)4-10/h6,10-11H,1-5H2,(H2,9,12)/t6-/m0/s1. The van der Waals surface area contributed by atoms with E-state index in [9.17, 15) is 9.59 Å². The molecule has 0 aliphatic rings. The van der Waals surface area contributed by atoms with Crippen LogP contribution in [0, 0.1) is 0 Å². The lowest BCUT2D eigenvalue weighted by Gasteiger charge is -2.07. The van der Waals surface area contributed by atoms with Gasteiger partial charge in [0, 0.05) is 12.8 Å². The van der Waals surface area contributed by atoms with Crippen molar-refractivity contribution in [2.45, 2.75) is 25.4 Å². The monoisotopic (exact) mass is 205 g/mol. The summed E-state index contributed by atoms with van der Waals surface area (Å²) in [6.45, 7) is -0.680. The van der Waals surface area contributed by atoms with Crippen molar-refractivity contribution in [3.8, 4) is 0 Å². The largest absolute Gasteiger partial charge is 0.463 e. The molecule has 0 heterocycles. The third-order valence-corrected chi connectivity index (χ3v) is 1.45. The molecule has 0 saturated heterocycles. The summed E-state index contributed by atoms with van der Waals surface area (Å²) in [5.74, 6) is -0.980. The molecule has 0 radical (unpaired) electrons. The average Bonchev–Trinajstić information content (AvgIpc) is 2.13. The van der Waals surface area contributed by atoms with Crippen LogP contribution in [0.5, 0.6) is 0 Å². The number of amides is 1. The Kier molecular flexibility index (Phi) is 6.69. The van der Waals surface area contributed by atoms with E-state index in [4.69, 9.17) is 15.9 Å². The minimum atomic E-state index is -1.05. The summed E-state index contributed by atoms with van der Waals surface area (Å²) in [7, 11) is 0. The normalized spacial score (nSPS) is 12.1. The first kappa shape index (κ1) is 12.9. The molecule has 0 aliphatic heterocycles. The number of carbonyl (C=O) groups is 2. The van der Waals surface area contributed by atoms with Gasteiger partial charge < -0.3 is 20.7 Å². The predicted molar refractivity (Wildman–Crippen MR) is 47.1 cm³/mol. The Morgan fingerprint density at radius 3 is 2.50 bits per heavy atom. The number of esters is 1. The Hall–Kier alpha value is -1.14. The van der Waals surface area contributed by atoms with Gasteiger partial charge in [-0.3, -0.25) is 9.59 Å². The molecular formula is C8H15NO5. The molecule has 14 heavy (non-hydrogen) atoms. The molecule has 0 aliphatic carbocycles. The molecule has 1 atom stereocenters. The molecule has 0 spiro atoms. The van der Waals surface area contributed by atoms with Gasteiger partial charge in [0.15, 0.2) is 0 Å². The summed E-state index contributed by atoms with van der Waals surface area (Å²) in [4.78, 5) is 21.2. The van der Waals surface area contributed by atoms with Gasteiger partial charge in [0.05, 0.1) is 6.61 Å². The summed E-state index contributed by atoms with van der Waals surface area (Å²) in [5.41, 5.74) is 4.86. The van der Waals surface area contributed by atoms with Crippen LogP contribution in [0.25, 0.3) is 0 Å². The Labute approximate surface area is 81.7 Å². The molecule has 0 aromatic rings. The molecule has 0 unspecified atom stereocenters. The fraction of sp³-hybridized carbons (Fsp3) is 0.750. The molecule has 6 nitrogen and oxygen atoms in total. The van der Waals surface area contributed by atoms with E-state index in [0.717, 1.165) is 0 Å². The van der Waals surface area contributed by atoms with Crippen LogP contribution in [-0.2, 0) is 14.3 Å². The second-order valence-corrected chi connectivity index (χ2v) is 2.84. The fourth-order valence-electron chi connectivity index (χ4n) is 0.721. The maximum absolute atomic E-state index is 10.9. The van der Waals surface area contributed by atoms with Crippen molar-refractivity contribution in [2.24, 2.45) is 5.73 Å². The van der Waals surface area contributed by atoms with Crippen molar-refractivity contribution in [3.63, 3.8) is 0 Å². The number of hydrogen-bond donors (Lipinski definition) is 3. The third-order valence-electron chi connectivity index (χ3n) is 1.45. The van der Waals surface area contributed by atoms with E-state index in [1.54, 1.807) is 0 Å². The van der Waals surface area contributed by atoms with Crippen LogP contribution in [0.4, 0.5) is 0 Å². The number of rotatable bonds is 7. The number of nitrogens with two attached hydrogens (primary N) is 1. The molecule has 82 valence electrons. The van der Waals surface area contributed by atoms with Gasteiger partial charge in [-0.25, -0.2) is 0 Å². The van der Waals surface area contributed by atoms with Gasteiger partial charge >= 0.3 is 5.97 Å². The van der Waals surface area contributed by atoms with Gasteiger partial charge in [0.25, 0.3) is 0 Å². The van der Waals surface area contributed by atoms with Gasteiger partial charge in [0.2, 0.25) is 5.91 Å². The zero-order chi connectivity index (χ0) is 11.0. The van der Waals surface area contributed by atoms with E-state index >= 15 is 0 Å². The molecule has 0 aromatic heterocycles. The Balaban J connectivity index is 3.41. The summed E-state index contributed by atoms with van der Waals surface area (Å²) in [5, 5.41) is 17.2. The zero-order valence-corrected chi connectivity index (χ0v) is 7.81. The Morgan fingerprint density at radius 1 is 1.36 bits per heavy atom. The summed E-state index contributed by atoms with van der Waals surface area (Å²) >= 11 is 0. The van der Waals surface area contributed by atoms with Crippen LogP contribution in [0.1, 0.15) is 19.3 Å². The highest BCUT2D eigenvalue weighted by Gasteiger charge is 2.07. The van der Waals surface area contributed by atoms with Crippen LogP contribution >= 0.6 is 0 Å². The maximum atomic E-state index is 10.9. The smallest absolute Gasteiger partial charge is 0.305 e. The van der Waals surface area contributed by atoms with Crippen LogP contribution in [-0.4, -0.2) is 41.4 Å². The first-order valence-electron chi connectivity index (χ1n) is 4.29. The number of carbonyl (C=O) groups excluding carboxylic acids is 2. The molecule has 0 fully saturated rings. The number of primary amides is 1. The lowest BCUT2D eigenvalue weighted by molar-refractivity contribution is -0.147. The van der Waals surface area contributed by atoms with Crippen LogP contribution in [0.2, 0.25) is 0 Å². The summed E-state index contributed by atoms with van der Waals surface area (Å²) in [6.07, 6.45) is -0.489. The molecule has 0 saturated carbocycles. The van der Waals surface area contributed by atoms with E-state index < -0.39 is 24.6 Å². The van der Waals surface area contributed by atoms with E-state index in [2.05, 4.69) is 4.74 Å². The molecule has 0 aromatic carbocycles. The highest BCUT2D eigenvalue weighted by atomic mass is 16.5. The SMILES string of the molecule is NC(=O)CCCC(=O)OC[C@@H](O)CO. The summed E-state index contributed by atoms with van der Waals surface area (Å²) in [6, 6.07) is 0.